The Kier molecular flexibility index (Phi) is 8.40. The van der Waals surface area contributed by atoms with Crippen LogP contribution in [0.1, 0.15) is 78.1 Å². The third-order valence-corrected chi connectivity index (χ3v) is 12.7. The predicted molar refractivity (Wildman–Crippen MR) is 102 cm³/mol. The summed E-state index contributed by atoms with van der Waals surface area (Å²) < 4.78 is 8.61. The average Bonchev–Trinajstić information content (AvgIpc) is 3.18. The smallest absolute Gasteiger partial charge is 1.00 e. The first-order chi connectivity index (χ1) is 11.7. The maximum Gasteiger partial charge on any atom is -1.00 e. The van der Waals surface area contributed by atoms with Crippen molar-refractivity contribution in [3.63, 3.8) is 0 Å². The van der Waals surface area contributed by atoms with Gasteiger partial charge in [-0.1, -0.05) is 0 Å². The van der Waals surface area contributed by atoms with Gasteiger partial charge in [-0.05, 0) is 0 Å². The number of halogens is 2. The molecule has 0 heterocycles. The van der Waals surface area contributed by atoms with Crippen molar-refractivity contribution in [2.45, 2.75) is 78.1 Å². The molecule has 2 atom stereocenters. The topological polar surface area (TPSA) is 0 Å². The molecule has 0 aliphatic heterocycles. The van der Waals surface area contributed by atoms with Gasteiger partial charge in [-0.25, -0.2) is 0 Å². The van der Waals surface area contributed by atoms with Crippen molar-refractivity contribution in [1.82, 2.24) is 0 Å². The molecular weight excluding hydrogens is 438 g/mol. The SMILES string of the molecule is [CH2]=[Zr+2]([C]1=CC2=C(CCCC2)[C@@H]1CC)[C]1=CC2=C(CCCC2)[C@H]1CC.[Cl-].[Cl-]. The first kappa shape index (κ1) is 22.6. The van der Waals surface area contributed by atoms with Crippen molar-refractivity contribution in [1.29, 1.82) is 0 Å². The molecule has 0 saturated heterocycles. The zero-order valence-electron chi connectivity index (χ0n) is 16.3. The van der Waals surface area contributed by atoms with E-state index in [2.05, 4.69) is 26.0 Å². The van der Waals surface area contributed by atoms with E-state index >= 15 is 0 Å². The molecule has 0 aromatic rings. The van der Waals surface area contributed by atoms with Crippen LogP contribution in [-0.2, 0) is 21.3 Å². The van der Waals surface area contributed by atoms with Crippen LogP contribution in [0.15, 0.2) is 41.0 Å². The molecular formula is C23H32Cl2Zr. The Morgan fingerprint density at radius 2 is 1.15 bits per heavy atom. The van der Waals surface area contributed by atoms with Crippen LogP contribution in [0.4, 0.5) is 0 Å². The summed E-state index contributed by atoms with van der Waals surface area (Å²) >= 11 is -1.90. The van der Waals surface area contributed by atoms with E-state index in [1.54, 1.807) is 11.1 Å². The van der Waals surface area contributed by atoms with Gasteiger partial charge >= 0.3 is 156 Å². The standard InChI is InChI=1S/2C11H15.CH2.2ClH.Zr/c2*1-2-9-7-8-10-5-3-4-6-11(9)10;;;;/h2*8-9H,2-6H2,1H3;1H2;2*1H;/q;;;;;+2/p-2/t2*9-;;;;/m10..../s1. The van der Waals surface area contributed by atoms with Gasteiger partial charge in [0, 0.05) is 0 Å². The molecule has 0 saturated carbocycles. The van der Waals surface area contributed by atoms with Crippen LogP contribution in [0.25, 0.3) is 0 Å². The van der Waals surface area contributed by atoms with Crippen molar-refractivity contribution in [3.8, 4) is 0 Å². The van der Waals surface area contributed by atoms with Crippen LogP contribution < -0.4 is 24.8 Å². The summed E-state index contributed by atoms with van der Waals surface area (Å²) in [5, 5.41) is 0. The summed E-state index contributed by atoms with van der Waals surface area (Å²) in [4.78, 5) is 0. The van der Waals surface area contributed by atoms with Gasteiger partial charge in [0.05, 0.1) is 0 Å². The monoisotopic (exact) mass is 468 g/mol. The van der Waals surface area contributed by atoms with Gasteiger partial charge in [-0.15, -0.1) is 0 Å². The molecule has 0 amide bonds. The summed E-state index contributed by atoms with van der Waals surface area (Å²) in [5.41, 5.74) is 7.11. The minimum Gasteiger partial charge on any atom is -1.00 e. The first-order valence-corrected chi connectivity index (χ1v) is 14.5. The maximum absolute atomic E-state index is 4.92. The number of hydrogen-bond donors (Lipinski definition) is 0. The summed E-state index contributed by atoms with van der Waals surface area (Å²) in [6.45, 7) is 4.81. The van der Waals surface area contributed by atoms with Gasteiger partial charge in [-0.3, -0.25) is 0 Å². The van der Waals surface area contributed by atoms with Crippen molar-refractivity contribution < 1.29 is 46.1 Å². The predicted octanol–water partition coefficient (Wildman–Crippen LogP) is 0.633. The summed E-state index contributed by atoms with van der Waals surface area (Å²) in [5.74, 6) is 1.56. The Morgan fingerprint density at radius 3 is 1.54 bits per heavy atom. The van der Waals surface area contributed by atoms with Crippen LogP contribution in [0.3, 0.4) is 0 Å². The molecule has 0 fully saturated rings. The zero-order valence-corrected chi connectivity index (χ0v) is 20.3. The second-order valence-electron chi connectivity index (χ2n) is 8.11. The van der Waals surface area contributed by atoms with E-state index < -0.39 is 21.3 Å². The second-order valence-corrected chi connectivity index (χ2v) is 13.3. The fourth-order valence-corrected chi connectivity index (χ4v) is 12.1. The second kappa shape index (κ2) is 9.67. The van der Waals surface area contributed by atoms with Crippen LogP contribution in [0, 0.1) is 11.8 Å². The normalized spacial score (nSPS) is 26.8. The Balaban J connectivity index is 0.00000121. The molecule has 0 radical (unpaired) electrons. The van der Waals surface area contributed by atoms with Crippen molar-refractivity contribution in [2.24, 2.45) is 11.8 Å². The largest absolute Gasteiger partial charge is 1.00 e. The minimum absolute atomic E-state index is 0. The quantitative estimate of drug-likeness (QED) is 0.566. The molecule has 4 aliphatic rings. The van der Waals surface area contributed by atoms with E-state index in [1.165, 1.54) is 64.2 Å². The Labute approximate surface area is 180 Å². The molecule has 0 unspecified atom stereocenters. The number of rotatable bonds is 4. The van der Waals surface area contributed by atoms with E-state index in [9.17, 15) is 0 Å². The molecule has 3 heteroatoms. The molecule has 0 N–H and O–H groups in total. The summed E-state index contributed by atoms with van der Waals surface area (Å²) in [6.07, 6.45) is 19.0. The number of hydrogen-bond acceptors (Lipinski definition) is 0. The Morgan fingerprint density at radius 1 is 0.769 bits per heavy atom. The van der Waals surface area contributed by atoms with E-state index in [0.717, 1.165) is 11.8 Å². The van der Waals surface area contributed by atoms with Gasteiger partial charge in [0.15, 0.2) is 0 Å². The third-order valence-electron chi connectivity index (χ3n) is 6.87. The minimum atomic E-state index is -1.90. The van der Waals surface area contributed by atoms with E-state index in [-0.39, 0.29) is 24.8 Å². The van der Waals surface area contributed by atoms with Gasteiger partial charge < -0.3 is 24.8 Å². The molecule has 0 aromatic carbocycles. The molecule has 142 valence electrons. The molecule has 0 spiro atoms. The van der Waals surface area contributed by atoms with Gasteiger partial charge in [0.2, 0.25) is 0 Å². The fraction of sp³-hybridized carbons (Fsp3) is 0.609. The zero-order chi connectivity index (χ0) is 16.7. The molecule has 0 bridgehead atoms. The Hall–Kier alpha value is 0.293. The van der Waals surface area contributed by atoms with E-state index in [0.29, 0.717) is 0 Å². The van der Waals surface area contributed by atoms with E-state index in [4.69, 9.17) is 4.21 Å². The van der Waals surface area contributed by atoms with Crippen LogP contribution in [0.2, 0.25) is 0 Å². The molecule has 26 heavy (non-hydrogen) atoms. The first-order valence-electron chi connectivity index (χ1n) is 10.3. The van der Waals surface area contributed by atoms with Gasteiger partial charge in [0.1, 0.15) is 0 Å². The van der Waals surface area contributed by atoms with Crippen molar-refractivity contribution >= 4 is 4.21 Å². The van der Waals surface area contributed by atoms with Gasteiger partial charge in [-0.2, -0.15) is 0 Å². The maximum atomic E-state index is 4.92. The van der Waals surface area contributed by atoms with Crippen LogP contribution >= 0.6 is 0 Å². The number of allylic oxidation sites excluding steroid dienone is 8. The van der Waals surface area contributed by atoms with Crippen LogP contribution in [-0.4, -0.2) is 4.21 Å². The van der Waals surface area contributed by atoms with Crippen LogP contribution in [0.5, 0.6) is 0 Å². The summed E-state index contributed by atoms with van der Waals surface area (Å²) in [6, 6.07) is 0. The average molecular weight is 471 g/mol. The van der Waals surface area contributed by atoms with Crippen molar-refractivity contribution in [2.75, 3.05) is 0 Å². The fourth-order valence-electron chi connectivity index (χ4n) is 5.68. The summed E-state index contributed by atoms with van der Waals surface area (Å²) in [7, 11) is 0. The molecule has 0 aromatic heterocycles. The third kappa shape index (κ3) is 3.88. The molecule has 4 aliphatic carbocycles. The van der Waals surface area contributed by atoms with Gasteiger partial charge in [0.25, 0.3) is 0 Å². The molecule has 0 nitrogen and oxygen atoms in total. The Bertz CT molecular complexity index is 635. The molecule has 4 rings (SSSR count). The van der Waals surface area contributed by atoms with Crippen molar-refractivity contribution in [3.05, 3.63) is 41.0 Å². The van der Waals surface area contributed by atoms with E-state index in [1.807, 2.05) is 17.7 Å².